The van der Waals surface area contributed by atoms with E-state index in [4.69, 9.17) is 5.73 Å². The molecule has 0 aromatic carbocycles. The van der Waals surface area contributed by atoms with Crippen molar-refractivity contribution in [2.75, 3.05) is 6.54 Å². The molecule has 0 saturated heterocycles. The highest BCUT2D eigenvalue weighted by atomic mass is 16.1. The molecule has 1 unspecified atom stereocenters. The van der Waals surface area contributed by atoms with E-state index < -0.39 is 0 Å². The van der Waals surface area contributed by atoms with Gasteiger partial charge in [-0.3, -0.25) is 9.48 Å². The maximum absolute atomic E-state index is 12.2. The summed E-state index contributed by atoms with van der Waals surface area (Å²) in [5.41, 5.74) is 7.06. The van der Waals surface area contributed by atoms with Crippen molar-refractivity contribution in [1.82, 2.24) is 15.1 Å². The Bertz CT molecular complexity index is 412. The number of rotatable bonds is 7. The van der Waals surface area contributed by atoms with Crippen LogP contribution in [0.1, 0.15) is 49.7 Å². The number of hydrogen-bond donors (Lipinski definition) is 2. The van der Waals surface area contributed by atoms with Crippen LogP contribution in [0.3, 0.4) is 0 Å². The van der Waals surface area contributed by atoms with Gasteiger partial charge in [0.05, 0.1) is 11.8 Å². The van der Waals surface area contributed by atoms with Gasteiger partial charge < -0.3 is 11.1 Å². The zero-order chi connectivity index (χ0) is 14.4. The highest BCUT2D eigenvalue weighted by Crippen LogP contribution is 2.11. The van der Waals surface area contributed by atoms with Gasteiger partial charge in [-0.1, -0.05) is 20.8 Å². The van der Waals surface area contributed by atoms with Crippen molar-refractivity contribution >= 4 is 5.91 Å². The summed E-state index contributed by atoms with van der Waals surface area (Å²) in [6.45, 7) is 9.64. The lowest BCUT2D eigenvalue weighted by atomic mass is 10.0. The highest BCUT2D eigenvalue weighted by Gasteiger charge is 2.18. The maximum atomic E-state index is 12.2. The van der Waals surface area contributed by atoms with Gasteiger partial charge in [0.2, 0.25) is 0 Å². The summed E-state index contributed by atoms with van der Waals surface area (Å²) in [5.74, 6) is 0.401. The van der Waals surface area contributed by atoms with Crippen molar-refractivity contribution in [3.63, 3.8) is 0 Å². The summed E-state index contributed by atoms with van der Waals surface area (Å²) < 4.78 is 1.85. The summed E-state index contributed by atoms with van der Waals surface area (Å²) >= 11 is 0. The molecule has 19 heavy (non-hydrogen) atoms. The Labute approximate surface area is 115 Å². The van der Waals surface area contributed by atoms with E-state index in [1.807, 2.05) is 11.6 Å². The van der Waals surface area contributed by atoms with Gasteiger partial charge in [0.1, 0.15) is 0 Å². The third-order valence-corrected chi connectivity index (χ3v) is 3.48. The quantitative estimate of drug-likeness (QED) is 0.789. The third kappa shape index (κ3) is 4.06. The fourth-order valence-corrected chi connectivity index (χ4v) is 2.12. The molecule has 0 aliphatic carbocycles. The summed E-state index contributed by atoms with van der Waals surface area (Å²) in [7, 11) is 0. The number of carbonyl (C=O) groups is 1. The highest BCUT2D eigenvalue weighted by molar-refractivity contribution is 5.95. The molecule has 0 aliphatic heterocycles. The Morgan fingerprint density at radius 3 is 2.74 bits per heavy atom. The van der Waals surface area contributed by atoms with Gasteiger partial charge in [0, 0.05) is 18.3 Å². The average molecular weight is 266 g/mol. The Morgan fingerprint density at radius 2 is 2.21 bits per heavy atom. The van der Waals surface area contributed by atoms with Crippen LogP contribution in [0.15, 0.2) is 6.20 Å². The van der Waals surface area contributed by atoms with E-state index in [9.17, 15) is 4.79 Å². The van der Waals surface area contributed by atoms with Crippen LogP contribution >= 0.6 is 0 Å². The fraction of sp³-hybridized carbons (Fsp3) is 0.714. The number of aryl methyl sites for hydroxylation is 1. The van der Waals surface area contributed by atoms with Crippen LogP contribution in [0.25, 0.3) is 0 Å². The minimum Gasteiger partial charge on any atom is -0.349 e. The van der Waals surface area contributed by atoms with Crippen molar-refractivity contribution in [3.05, 3.63) is 17.5 Å². The lowest BCUT2D eigenvalue weighted by molar-refractivity contribution is 0.0924. The summed E-state index contributed by atoms with van der Waals surface area (Å²) in [5, 5.41) is 7.33. The van der Waals surface area contributed by atoms with Crippen LogP contribution < -0.4 is 11.1 Å². The van der Waals surface area contributed by atoms with Crippen LogP contribution in [0.4, 0.5) is 0 Å². The van der Waals surface area contributed by atoms with Gasteiger partial charge in [-0.2, -0.15) is 5.10 Å². The number of carbonyl (C=O) groups excluding carboxylic acids is 1. The molecule has 1 aromatic heterocycles. The number of hydrogen-bond acceptors (Lipinski definition) is 3. The molecule has 0 spiro atoms. The van der Waals surface area contributed by atoms with Gasteiger partial charge >= 0.3 is 0 Å². The third-order valence-electron chi connectivity index (χ3n) is 3.48. The molecule has 0 bridgehead atoms. The monoisotopic (exact) mass is 266 g/mol. The predicted molar refractivity (Wildman–Crippen MR) is 77.0 cm³/mol. The number of aromatic nitrogens is 2. The first kappa shape index (κ1) is 15.7. The standard InChI is InChI=1S/C14H26N4O/c1-5-13(10(2)3)17-14(19)12-9-16-18(11(12)4)8-6-7-15/h9-10,13H,5-8,15H2,1-4H3,(H,17,19). The van der Waals surface area contributed by atoms with Gasteiger partial charge in [-0.15, -0.1) is 0 Å². The first-order valence-corrected chi connectivity index (χ1v) is 7.04. The second-order valence-corrected chi connectivity index (χ2v) is 5.24. The van der Waals surface area contributed by atoms with E-state index in [2.05, 4.69) is 31.2 Å². The van der Waals surface area contributed by atoms with Crippen LogP contribution in [-0.2, 0) is 6.54 Å². The zero-order valence-electron chi connectivity index (χ0n) is 12.4. The SMILES string of the molecule is CCC(NC(=O)c1cnn(CCCN)c1C)C(C)C. The maximum Gasteiger partial charge on any atom is 0.254 e. The molecule has 0 fully saturated rings. The molecule has 1 amide bonds. The van der Waals surface area contributed by atoms with Crippen LogP contribution in [0.2, 0.25) is 0 Å². The van der Waals surface area contributed by atoms with Gasteiger partial charge in [0.15, 0.2) is 0 Å². The molecule has 5 nitrogen and oxygen atoms in total. The van der Waals surface area contributed by atoms with Gasteiger partial charge in [0.25, 0.3) is 5.91 Å². The van der Waals surface area contributed by atoms with E-state index in [-0.39, 0.29) is 11.9 Å². The molecule has 1 atom stereocenters. The van der Waals surface area contributed by atoms with Gasteiger partial charge in [-0.05, 0) is 32.2 Å². The summed E-state index contributed by atoms with van der Waals surface area (Å²) in [4.78, 5) is 12.2. The minimum atomic E-state index is -0.0305. The van der Waals surface area contributed by atoms with E-state index >= 15 is 0 Å². The molecule has 5 heteroatoms. The first-order chi connectivity index (χ1) is 9.01. The number of nitrogens with two attached hydrogens (primary N) is 1. The Morgan fingerprint density at radius 1 is 1.53 bits per heavy atom. The smallest absolute Gasteiger partial charge is 0.254 e. The lowest BCUT2D eigenvalue weighted by Crippen LogP contribution is -2.38. The molecule has 1 rings (SSSR count). The molecule has 1 aromatic rings. The second kappa shape index (κ2) is 7.28. The van der Waals surface area contributed by atoms with Crippen molar-refractivity contribution in [2.24, 2.45) is 11.7 Å². The Balaban J connectivity index is 2.74. The predicted octanol–water partition coefficient (Wildman–Crippen LogP) is 1.70. The zero-order valence-corrected chi connectivity index (χ0v) is 12.4. The Kier molecular flexibility index (Phi) is 6.02. The molecule has 0 saturated carbocycles. The van der Waals surface area contributed by atoms with Crippen LogP contribution in [0.5, 0.6) is 0 Å². The normalized spacial score (nSPS) is 12.7. The van der Waals surface area contributed by atoms with E-state index in [1.54, 1.807) is 6.20 Å². The lowest BCUT2D eigenvalue weighted by Gasteiger charge is -2.20. The van der Waals surface area contributed by atoms with E-state index in [0.29, 0.717) is 18.0 Å². The molecule has 0 radical (unpaired) electrons. The van der Waals surface area contributed by atoms with Crippen molar-refractivity contribution < 1.29 is 4.79 Å². The average Bonchev–Trinajstić information content (AvgIpc) is 2.74. The molecule has 108 valence electrons. The minimum absolute atomic E-state index is 0.0305. The second-order valence-electron chi connectivity index (χ2n) is 5.24. The number of nitrogens with zero attached hydrogens (tertiary/aromatic N) is 2. The largest absolute Gasteiger partial charge is 0.349 e. The van der Waals surface area contributed by atoms with E-state index in [1.165, 1.54) is 0 Å². The molecular formula is C14H26N4O. The summed E-state index contributed by atoms with van der Waals surface area (Å²) in [6.07, 6.45) is 3.45. The number of nitrogens with one attached hydrogen (secondary N) is 1. The first-order valence-electron chi connectivity index (χ1n) is 7.04. The van der Waals surface area contributed by atoms with Crippen molar-refractivity contribution in [3.8, 4) is 0 Å². The Hall–Kier alpha value is -1.36. The van der Waals surface area contributed by atoms with Gasteiger partial charge in [-0.25, -0.2) is 0 Å². The topological polar surface area (TPSA) is 72.9 Å². The summed E-state index contributed by atoms with van der Waals surface area (Å²) in [6, 6.07) is 0.208. The molecule has 1 heterocycles. The fourth-order valence-electron chi connectivity index (χ4n) is 2.12. The molecular weight excluding hydrogens is 240 g/mol. The van der Waals surface area contributed by atoms with E-state index in [0.717, 1.165) is 25.1 Å². The number of amides is 1. The van der Waals surface area contributed by atoms with Crippen LogP contribution in [0, 0.1) is 12.8 Å². The van der Waals surface area contributed by atoms with Crippen molar-refractivity contribution in [1.29, 1.82) is 0 Å². The van der Waals surface area contributed by atoms with Crippen LogP contribution in [-0.4, -0.2) is 28.3 Å². The molecule has 0 aliphatic rings. The molecule has 3 N–H and O–H groups in total. The van der Waals surface area contributed by atoms with Crippen molar-refractivity contribution in [2.45, 2.75) is 53.1 Å².